The summed E-state index contributed by atoms with van der Waals surface area (Å²) in [6.07, 6.45) is 14.1. The predicted molar refractivity (Wildman–Crippen MR) is 275 cm³/mol. The summed E-state index contributed by atoms with van der Waals surface area (Å²) in [4.78, 5) is 18.9. The maximum absolute atomic E-state index is 10.0. The van der Waals surface area contributed by atoms with Gasteiger partial charge in [0.2, 0.25) is 0 Å². The first-order valence-corrected chi connectivity index (χ1v) is 23.2. The number of pyridine rings is 2. The fourth-order valence-electron chi connectivity index (χ4n) is 7.47. The molecule has 0 aliphatic carbocycles. The van der Waals surface area contributed by atoms with E-state index in [0.717, 1.165) is 28.1 Å². The number of ketones is 1. The number of nitrogens with zero attached hydrogens (tertiary/aromatic N) is 2. The van der Waals surface area contributed by atoms with Crippen molar-refractivity contribution in [3.63, 3.8) is 0 Å². The number of benzene rings is 5. The van der Waals surface area contributed by atoms with E-state index < -0.39 is 0 Å². The average molecular weight is 1250 g/mol. The van der Waals surface area contributed by atoms with Gasteiger partial charge in [0, 0.05) is 58.7 Å². The van der Waals surface area contributed by atoms with Crippen LogP contribution in [0.25, 0.3) is 55.9 Å². The topological polar surface area (TPSA) is 63.1 Å². The molecule has 0 fully saturated rings. The zero-order valence-corrected chi connectivity index (χ0v) is 45.7. The summed E-state index contributed by atoms with van der Waals surface area (Å²) >= 11 is 0. The summed E-state index contributed by atoms with van der Waals surface area (Å²) in [6.45, 7) is 18.7. The first-order chi connectivity index (χ1) is 31.1. The first-order valence-electron chi connectivity index (χ1n) is 23.2. The van der Waals surface area contributed by atoms with Gasteiger partial charge in [-0.25, -0.2) is 0 Å². The Balaban J connectivity index is 0.000000344. The summed E-state index contributed by atoms with van der Waals surface area (Å²) in [7, 11) is 0. The molecule has 0 saturated heterocycles. The van der Waals surface area contributed by atoms with Crippen molar-refractivity contribution >= 4 is 5.78 Å². The fraction of sp³-hybridized carbons (Fsp3) is 0.295. The van der Waals surface area contributed by atoms with E-state index in [9.17, 15) is 4.79 Å². The van der Waals surface area contributed by atoms with Gasteiger partial charge in [-0.3, -0.25) is 4.79 Å². The van der Waals surface area contributed by atoms with Gasteiger partial charge in [-0.2, -0.15) is 0 Å². The molecule has 5 aromatic carbocycles. The Hall–Kier alpha value is -5.09. The fourth-order valence-corrected chi connectivity index (χ4v) is 7.47. The molecule has 0 bridgehead atoms. The van der Waals surface area contributed by atoms with Gasteiger partial charge >= 0.3 is 0 Å². The second-order valence-corrected chi connectivity index (χ2v) is 18.9. The summed E-state index contributed by atoms with van der Waals surface area (Å²) in [5.41, 5.74) is 15.5. The number of carbonyl (C=O) groups excluding carboxylic acids is 1. The number of rotatable bonds is 13. The number of hydrogen-bond donors (Lipinski definition) is 1. The zero-order valence-electron chi connectivity index (χ0n) is 40.9. The van der Waals surface area contributed by atoms with Crippen molar-refractivity contribution in [1.29, 1.82) is 0 Å². The Morgan fingerprint density at radius 3 is 1.46 bits per heavy atom. The van der Waals surface area contributed by atoms with Gasteiger partial charge in [-0.1, -0.05) is 166 Å². The molecule has 0 unspecified atom stereocenters. The standard InChI is InChI=1S/C37H36N.C19H24N.C5H8O2.2Ir/c1-36(2,3)33-17-13-26(14-18-33)30-23-31(27-15-19-34(20-16-27)37(4,5)6)25-32(24-30)28-10-9-11-29(22-28)35-12-7-8-21-38-35;1-2-3-4-5-6-7-10-17-12-14-18(15-13-17)19-11-8-9-16-20-19;1-4(6)3-5(2)7;;/h7-10,12-25H,1-6H3;8-9,11-14,16H,2-7,10H2,1H3;3,6H,1-2H3;;/q2*-1;;;. The van der Waals surface area contributed by atoms with Crippen LogP contribution in [-0.2, 0) is 62.3 Å². The largest absolute Gasteiger partial charge is 0.512 e. The molecule has 0 aliphatic heterocycles. The van der Waals surface area contributed by atoms with Gasteiger partial charge in [-0.05, 0) is 105 Å². The normalized spacial score (nSPS) is 11.1. The van der Waals surface area contributed by atoms with Crippen LogP contribution in [0.3, 0.4) is 0 Å². The SMILES string of the molecule is CC(=O)C=C(C)O.CC(C)(C)c1ccc(-c2cc(-c3ccc(C(C)(C)C)cc3)cc(-c3cc[c-]c(-c4ccccn4)c3)c2)cc1.CCCCCCCCc1c[c-]c(-c2ccccn2)cc1.[Ir].[Ir]. The van der Waals surface area contributed by atoms with Gasteiger partial charge in [-0.15, -0.1) is 70.8 Å². The van der Waals surface area contributed by atoms with Crippen molar-refractivity contribution in [1.82, 2.24) is 9.97 Å². The molecule has 2 radical (unpaired) electrons. The van der Waals surface area contributed by atoms with Crippen molar-refractivity contribution in [3.05, 3.63) is 193 Å². The Morgan fingerprint density at radius 1 is 0.552 bits per heavy atom. The summed E-state index contributed by atoms with van der Waals surface area (Å²) < 4.78 is 0. The number of carbonyl (C=O) groups is 1. The molecule has 0 spiro atoms. The molecule has 0 atom stereocenters. The maximum atomic E-state index is 10.0. The van der Waals surface area contributed by atoms with Crippen LogP contribution < -0.4 is 0 Å². The molecule has 354 valence electrons. The summed E-state index contributed by atoms with van der Waals surface area (Å²) in [5.74, 6) is -0.0625. The van der Waals surface area contributed by atoms with Crippen molar-refractivity contribution < 1.29 is 50.1 Å². The van der Waals surface area contributed by atoms with E-state index >= 15 is 0 Å². The molecule has 4 nitrogen and oxygen atoms in total. The number of aliphatic hydroxyl groups is 1. The van der Waals surface area contributed by atoms with Crippen LogP contribution in [0.15, 0.2) is 164 Å². The van der Waals surface area contributed by atoms with Crippen LogP contribution in [0.4, 0.5) is 0 Å². The van der Waals surface area contributed by atoms with Crippen molar-refractivity contribution in [3.8, 4) is 55.9 Å². The third-order valence-electron chi connectivity index (χ3n) is 11.2. The van der Waals surface area contributed by atoms with E-state index in [-0.39, 0.29) is 62.6 Å². The molecule has 2 heterocycles. The van der Waals surface area contributed by atoms with Crippen LogP contribution in [0, 0.1) is 12.1 Å². The third kappa shape index (κ3) is 18.5. The third-order valence-corrected chi connectivity index (χ3v) is 11.2. The monoisotopic (exact) mass is 1250 g/mol. The Labute approximate surface area is 429 Å². The maximum Gasteiger partial charge on any atom is 0.155 e. The molecular weight excluding hydrogens is 1180 g/mol. The van der Waals surface area contributed by atoms with E-state index in [1.165, 1.54) is 109 Å². The predicted octanol–water partition coefficient (Wildman–Crippen LogP) is 16.6. The van der Waals surface area contributed by atoms with E-state index in [0.29, 0.717) is 0 Å². The first kappa shape index (κ1) is 56.2. The van der Waals surface area contributed by atoms with E-state index in [1.807, 2.05) is 54.9 Å². The molecule has 67 heavy (non-hydrogen) atoms. The van der Waals surface area contributed by atoms with Gasteiger partial charge < -0.3 is 15.1 Å². The molecule has 6 heteroatoms. The number of hydrogen-bond acceptors (Lipinski definition) is 4. The van der Waals surface area contributed by atoms with Gasteiger partial charge in [0.05, 0.1) is 5.76 Å². The second-order valence-electron chi connectivity index (χ2n) is 18.9. The Kier molecular flexibility index (Phi) is 23.2. The number of aryl methyl sites for hydroxylation is 1. The van der Waals surface area contributed by atoms with Crippen LogP contribution >= 0.6 is 0 Å². The molecule has 0 amide bonds. The van der Waals surface area contributed by atoms with Crippen molar-refractivity contribution in [2.45, 2.75) is 118 Å². The van der Waals surface area contributed by atoms with Crippen molar-refractivity contribution in [2.24, 2.45) is 0 Å². The van der Waals surface area contributed by atoms with Crippen LogP contribution in [0.1, 0.15) is 118 Å². The molecule has 7 rings (SSSR count). The molecule has 0 aliphatic rings. The quantitative estimate of drug-likeness (QED) is 0.0541. The number of aliphatic hydroxyl groups excluding tert-OH is 1. The zero-order chi connectivity index (χ0) is 46.8. The number of aromatic nitrogens is 2. The minimum Gasteiger partial charge on any atom is -0.512 e. The van der Waals surface area contributed by atoms with Crippen LogP contribution in [0.5, 0.6) is 0 Å². The number of allylic oxidation sites excluding steroid dienone is 2. The molecule has 7 aromatic rings. The average Bonchev–Trinajstić information content (AvgIpc) is 3.30. The Bertz CT molecular complexity index is 2480. The van der Waals surface area contributed by atoms with Gasteiger partial charge in [0.1, 0.15) is 0 Å². The van der Waals surface area contributed by atoms with Gasteiger partial charge in [0.25, 0.3) is 0 Å². The van der Waals surface area contributed by atoms with E-state index in [1.54, 1.807) is 0 Å². The van der Waals surface area contributed by atoms with E-state index in [2.05, 4.69) is 168 Å². The van der Waals surface area contributed by atoms with E-state index in [4.69, 9.17) is 5.11 Å². The molecule has 2 aromatic heterocycles. The van der Waals surface area contributed by atoms with Crippen LogP contribution in [0.2, 0.25) is 0 Å². The minimum absolute atomic E-state index is 0. The van der Waals surface area contributed by atoms with Crippen LogP contribution in [-0.4, -0.2) is 20.9 Å². The summed E-state index contributed by atoms with van der Waals surface area (Å²) in [5, 5.41) is 8.36. The van der Waals surface area contributed by atoms with Crippen molar-refractivity contribution in [2.75, 3.05) is 0 Å². The molecule has 1 N–H and O–H groups in total. The van der Waals surface area contributed by atoms with Gasteiger partial charge in [0.15, 0.2) is 5.78 Å². The smallest absolute Gasteiger partial charge is 0.155 e. The Morgan fingerprint density at radius 2 is 1.04 bits per heavy atom. The molecular formula is C61H68Ir2N2O2-2. The second kappa shape index (κ2) is 27.7. The minimum atomic E-state index is -0.125. The number of unbranched alkanes of at least 4 members (excludes halogenated alkanes) is 5. The summed E-state index contributed by atoms with van der Waals surface area (Å²) in [6, 6.07) is 56.5. The molecule has 0 saturated carbocycles.